The molecule has 0 radical (unpaired) electrons. The minimum Gasteiger partial charge on any atom is -0.481 e. The van der Waals surface area contributed by atoms with Crippen molar-refractivity contribution >= 4 is 23.1 Å². The van der Waals surface area contributed by atoms with Crippen LogP contribution in [0.15, 0.2) is 34.5 Å². The lowest BCUT2D eigenvalue weighted by molar-refractivity contribution is 0.219. The van der Waals surface area contributed by atoms with Gasteiger partial charge in [-0.2, -0.15) is 0 Å². The summed E-state index contributed by atoms with van der Waals surface area (Å²) < 4.78 is 6.08. The third-order valence-electron chi connectivity index (χ3n) is 3.50. The Labute approximate surface area is 126 Å². The predicted octanol–water partition coefficient (Wildman–Crippen LogP) is 3.62. The highest BCUT2D eigenvalue weighted by molar-refractivity contribution is 7.99. The number of thiazole rings is 1. The van der Waals surface area contributed by atoms with Crippen molar-refractivity contribution in [1.29, 1.82) is 0 Å². The molecule has 20 heavy (non-hydrogen) atoms. The van der Waals surface area contributed by atoms with Crippen LogP contribution in [0.5, 0.6) is 5.75 Å². The van der Waals surface area contributed by atoms with Crippen LogP contribution in [0.1, 0.15) is 29.6 Å². The number of benzene rings is 1. The summed E-state index contributed by atoms with van der Waals surface area (Å²) in [5.41, 5.74) is 1.14. The standard InChI is InChI=1S/C15H16N2OS2/c1-2-4-14-12(3-1)18-13(9-19-14)15-17-11(8-20-15)7-16-10-5-6-10/h1-4,8,10,13,16H,5-7,9H2. The van der Waals surface area contributed by atoms with E-state index >= 15 is 0 Å². The molecule has 1 fully saturated rings. The maximum absolute atomic E-state index is 6.08. The minimum absolute atomic E-state index is 0.0922. The first-order chi connectivity index (χ1) is 9.88. The van der Waals surface area contributed by atoms with Gasteiger partial charge in [0.05, 0.1) is 5.69 Å². The van der Waals surface area contributed by atoms with Gasteiger partial charge in [-0.3, -0.25) is 0 Å². The summed E-state index contributed by atoms with van der Waals surface area (Å²) in [7, 11) is 0. The molecule has 1 atom stereocenters. The number of rotatable bonds is 4. The van der Waals surface area contributed by atoms with Crippen molar-refractivity contribution in [2.24, 2.45) is 0 Å². The van der Waals surface area contributed by atoms with Crippen LogP contribution in [0.2, 0.25) is 0 Å². The second-order valence-electron chi connectivity index (χ2n) is 5.20. The zero-order chi connectivity index (χ0) is 13.4. The predicted molar refractivity (Wildman–Crippen MR) is 82.5 cm³/mol. The molecule has 3 nitrogen and oxygen atoms in total. The van der Waals surface area contributed by atoms with Gasteiger partial charge in [0.2, 0.25) is 0 Å². The minimum atomic E-state index is 0.0922. The average molecular weight is 304 g/mol. The Bertz CT molecular complexity index is 609. The Morgan fingerprint density at radius 2 is 2.20 bits per heavy atom. The molecule has 1 saturated carbocycles. The molecule has 2 aliphatic rings. The van der Waals surface area contributed by atoms with Crippen molar-refractivity contribution in [3.8, 4) is 5.75 Å². The Morgan fingerprint density at radius 3 is 3.10 bits per heavy atom. The topological polar surface area (TPSA) is 34.1 Å². The number of para-hydroxylation sites is 1. The molecule has 4 rings (SSSR count). The van der Waals surface area contributed by atoms with E-state index in [9.17, 15) is 0 Å². The summed E-state index contributed by atoms with van der Waals surface area (Å²) in [6, 6.07) is 8.96. The van der Waals surface area contributed by atoms with Gasteiger partial charge >= 0.3 is 0 Å². The fourth-order valence-corrected chi connectivity index (χ4v) is 4.17. The monoisotopic (exact) mass is 304 g/mol. The Balaban J connectivity index is 1.45. The molecular formula is C15H16N2OS2. The Kier molecular flexibility index (Phi) is 3.42. The third kappa shape index (κ3) is 2.71. The van der Waals surface area contributed by atoms with Crippen LogP contribution in [-0.4, -0.2) is 16.8 Å². The maximum atomic E-state index is 6.08. The van der Waals surface area contributed by atoms with E-state index in [1.165, 1.54) is 17.7 Å². The van der Waals surface area contributed by atoms with Crippen LogP contribution in [0.25, 0.3) is 0 Å². The first kappa shape index (κ1) is 12.7. The summed E-state index contributed by atoms with van der Waals surface area (Å²) in [5, 5.41) is 6.75. The molecule has 104 valence electrons. The van der Waals surface area contributed by atoms with Crippen molar-refractivity contribution in [3.63, 3.8) is 0 Å². The molecule has 1 N–H and O–H groups in total. The smallest absolute Gasteiger partial charge is 0.159 e. The molecule has 1 unspecified atom stereocenters. The summed E-state index contributed by atoms with van der Waals surface area (Å²) in [6.45, 7) is 0.887. The normalized spacial score (nSPS) is 21.3. The number of ether oxygens (including phenoxy) is 1. The fraction of sp³-hybridized carbons (Fsp3) is 0.400. The molecule has 0 spiro atoms. The van der Waals surface area contributed by atoms with Crippen molar-refractivity contribution in [3.05, 3.63) is 40.3 Å². The zero-order valence-electron chi connectivity index (χ0n) is 11.0. The second-order valence-corrected chi connectivity index (χ2v) is 7.15. The summed E-state index contributed by atoms with van der Waals surface area (Å²) in [5.74, 6) is 1.93. The first-order valence-corrected chi connectivity index (χ1v) is 8.81. The quantitative estimate of drug-likeness (QED) is 0.935. The van der Waals surface area contributed by atoms with Crippen LogP contribution in [0.3, 0.4) is 0 Å². The number of thioether (sulfide) groups is 1. The molecule has 2 heterocycles. The van der Waals surface area contributed by atoms with Gasteiger partial charge in [0.1, 0.15) is 10.8 Å². The Morgan fingerprint density at radius 1 is 1.30 bits per heavy atom. The zero-order valence-corrected chi connectivity index (χ0v) is 12.7. The van der Waals surface area contributed by atoms with Crippen molar-refractivity contribution in [2.75, 3.05) is 5.75 Å². The van der Waals surface area contributed by atoms with E-state index in [2.05, 4.69) is 22.8 Å². The highest BCUT2D eigenvalue weighted by Gasteiger charge is 2.25. The molecule has 5 heteroatoms. The fourth-order valence-electron chi connectivity index (χ4n) is 2.23. The molecule has 1 aliphatic heterocycles. The highest BCUT2D eigenvalue weighted by Crippen LogP contribution is 2.40. The van der Waals surface area contributed by atoms with Crippen LogP contribution in [0, 0.1) is 0 Å². The summed E-state index contributed by atoms with van der Waals surface area (Å²) in [4.78, 5) is 5.96. The van der Waals surface area contributed by atoms with E-state index in [-0.39, 0.29) is 6.10 Å². The molecule has 1 aromatic carbocycles. The van der Waals surface area contributed by atoms with Crippen LogP contribution in [0.4, 0.5) is 0 Å². The van der Waals surface area contributed by atoms with Crippen LogP contribution < -0.4 is 10.1 Å². The van der Waals surface area contributed by atoms with Crippen molar-refractivity contribution in [2.45, 2.75) is 36.4 Å². The molecule has 2 aromatic rings. The summed E-state index contributed by atoms with van der Waals surface area (Å²) in [6.07, 6.45) is 2.72. The number of hydrogen-bond donors (Lipinski definition) is 1. The van der Waals surface area contributed by atoms with Crippen LogP contribution >= 0.6 is 23.1 Å². The van der Waals surface area contributed by atoms with Gasteiger partial charge in [-0.25, -0.2) is 4.98 Å². The third-order valence-corrected chi connectivity index (χ3v) is 5.61. The lowest BCUT2D eigenvalue weighted by atomic mass is 10.3. The van der Waals surface area contributed by atoms with E-state index < -0.39 is 0 Å². The second kappa shape index (κ2) is 5.39. The van der Waals surface area contributed by atoms with E-state index in [0.29, 0.717) is 0 Å². The van der Waals surface area contributed by atoms with Crippen molar-refractivity contribution in [1.82, 2.24) is 10.3 Å². The number of aromatic nitrogens is 1. The lowest BCUT2D eigenvalue weighted by Crippen LogP contribution is -2.17. The van der Waals surface area contributed by atoms with Gasteiger partial charge in [-0.05, 0) is 25.0 Å². The number of nitrogens with zero attached hydrogens (tertiary/aromatic N) is 1. The van der Waals surface area contributed by atoms with Crippen LogP contribution in [-0.2, 0) is 6.54 Å². The largest absolute Gasteiger partial charge is 0.481 e. The summed E-state index contributed by atoms with van der Waals surface area (Å²) >= 11 is 3.57. The SMILES string of the molecule is c1ccc2c(c1)OC(c1nc(CNC3CC3)cs1)CS2. The van der Waals surface area contributed by atoms with E-state index in [1.54, 1.807) is 11.3 Å². The van der Waals surface area contributed by atoms with E-state index in [1.807, 2.05) is 23.9 Å². The first-order valence-electron chi connectivity index (χ1n) is 6.94. The molecule has 1 aliphatic carbocycles. The maximum Gasteiger partial charge on any atom is 0.159 e. The van der Waals surface area contributed by atoms with Gasteiger partial charge in [0, 0.05) is 28.6 Å². The van der Waals surface area contributed by atoms with E-state index in [0.717, 1.165) is 34.8 Å². The van der Waals surface area contributed by atoms with Gasteiger partial charge in [-0.1, -0.05) is 12.1 Å². The number of fused-ring (bicyclic) bond motifs is 1. The lowest BCUT2D eigenvalue weighted by Gasteiger charge is -2.23. The number of hydrogen-bond acceptors (Lipinski definition) is 5. The van der Waals surface area contributed by atoms with Gasteiger partial charge in [0.15, 0.2) is 6.10 Å². The molecule has 0 saturated heterocycles. The Hall–Kier alpha value is -1.04. The molecule has 0 amide bonds. The molecular weight excluding hydrogens is 288 g/mol. The highest BCUT2D eigenvalue weighted by atomic mass is 32.2. The number of nitrogens with one attached hydrogen (secondary N) is 1. The van der Waals surface area contributed by atoms with E-state index in [4.69, 9.17) is 9.72 Å². The van der Waals surface area contributed by atoms with Gasteiger partial charge in [-0.15, -0.1) is 23.1 Å². The van der Waals surface area contributed by atoms with Crippen molar-refractivity contribution < 1.29 is 4.74 Å². The van der Waals surface area contributed by atoms with Gasteiger partial charge in [0.25, 0.3) is 0 Å². The van der Waals surface area contributed by atoms with Gasteiger partial charge < -0.3 is 10.1 Å². The molecule has 0 bridgehead atoms. The molecule has 1 aromatic heterocycles. The average Bonchev–Trinajstić information content (AvgIpc) is 3.21.